The number of fused-ring (bicyclic) bond motifs is 1. The monoisotopic (exact) mass is 314 g/mol. The van der Waals surface area contributed by atoms with Crippen LogP contribution in [0.15, 0.2) is 18.2 Å². The lowest BCUT2D eigenvalue weighted by atomic mass is 10.0. The molecule has 1 aromatic carbocycles. The molecule has 2 heterocycles. The molecule has 0 saturated carbocycles. The summed E-state index contributed by atoms with van der Waals surface area (Å²) < 4.78 is 7.39. The number of hydrogen-bond acceptors (Lipinski definition) is 2. The molecule has 4 nitrogen and oxygen atoms in total. The highest BCUT2D eigenvalue weighted by molar-refractivity contribution is 6.01. The lowest BCUT2D eigenvalue weighted by Crippen LogP contribution is -2.27. The lowest BCUT2D eigenvalue weighted by Gasteiger charge is -2.09. The minimum absolute atomic E-state index is 0.0292. The van der Waals surface area contributed by atoms with Crippen LogP contribution in [-0.4, -0.2) is 30.2 Å². The van der Waals surface area contributed by atoms with Crippen molar-refractivity contribution in [2.24, 2.45) is 13.0 Å². The van der Waals surface area contributed by atoms with Crippen molar-refractivity contribution in [3.05, 3.63) is 35.0 Å². The minimum atomic E-state index is 0.0292. The second-order valence-corrected chi connectivity index (χ2v) is 6.68. The Labute approximate surface area is 137 Å². The molecule has 1 aliphatic rings. The molecule has 0 bridgehead atoms. The number of carbonyl (C=O) groups is 1. The van der Waals surface area contributed by atoms with Gasteiger partial charge >= 0.3 is 0 Å². The zero-order valence-electron chi connectivity index (χ0n) is 14.3. The molecule has 3 rings (SSSR count). The van der Waals surface area contributed by atoms with Gasteiger partial charge in [0.25, 0.3) is 5.91 Å². The van der Waals surface area contributed by atoms with E-state index in [1.807, 2.05) is 18.5 Å². The van der Waals surface area contributed by atoms with Gasteiger partial charge in [0.15, 0.2) is 0 Å². The maximum absolute atomic E-state index is 12.6. The quantitative estimate of drug-likeness (QED) is 0.860. The van der Waals surface area contributed by atoms with Crippen LogP contribution in [0.5, 0.6) is 0 Å². The molecule has 0 spiro atoms. The largest absolute Gasteiger partial charge is 0.381 e. The number of amides is 1. The Kier molecular flexibility index (Phi) is 4.71. The number of aromatic nitrogens is 1. The van der Waals surface area contributed by atoms with Gasteiger partial charge in [0.1, 0.15) is 5.69 Å². The molecular weight excluding hydrogens is 288 g/mol. The van der Waals surface area contributed by atoms with Crippen molar-refractivity contribution in [1.82, 2.24) is 9.88 Å². The highest BCUT2D eigenvalue weighted by Gasteiger charge is 2.19. The highest BCUT2D eigenvalue weighted by atomic mass is 16.5. The van der Waals surface area contributed by atoms with Crippen LogP contribution < -0.4 is 5.32 Å². The Morgan fingerprint density at radius 2 is 2.22 bits per heavy atom. The number of ether oxygens (including phenoxy) is 1. The molecule has 1 fully saturated rings. The van der Waals surface area contributed by atoms with Gasteiger partial charge in [-0.2, -0.15) is 0 Å². The smallest absolute Gasteiger partial charge is 0.268 e. The topological polar surface area (TPSA) is 43.3 Å². The number of nitrogens with one attached hydrogen (secondary N) is 1. The zero-order chi connectivity index (χ0) is 16.4. The van der Waals surface area contributed by atoms with E-state index in [-0.39, 0.29) is 5.91 Å². The Bertz CT molecular complexity index is 712. The van der Waals surface area contributed by atoms with Gasteiger partial charge in [-0.1, -0.05) is 11.6 Å². The average Bonchev–Trinajstić information content (AvgIpc) is 3.12. The number of benzene rings is 1. The first-order valence-corrected chi connectivity index (χ1v) is 8.49. The minimum Gasteiger partial charge on any atom is -0.381 e. The predicted molar refractivity (Wildman–Crippen MR) is 92.9 cm³/mol. The van der Waals surface area contributed by atoms with E-state index in [0.29, 0.717) is 5.92 Å². The fourth-order valence-electron chi connectivity index (χ4n) is 3.55. The van der Waals surface area contributed by atoms with Gasteiger partial charge in [-0.05, 0) is 56.7 Å². The number of aryl methyl sites for hydroxylation is 3. The molecule has 0 radical (unpaired) electrons. The molecule has 1 aliphatic heterocycles. The van der Waals surface area contributed by atoms with Crippen molar-refractivity contribution in [2.75, 3.05) is 19.8 Å². The molecule has 1 N–H and O–H groups in total. The van der Waals surface area contributed by atoms with Gasteiger partial charge in [0, 0.05) is 37.7 Å². The number of nitrogens with zero attached hydrogens (tertiary/aromatic N) is 1. The van der Waals surface area contributed by atoms with E-state index in [2.05, 4.69) is 30.4 Å². The predicted octanol–water partition coefficient (Wildman–Crippen LogP) is 3.34. The molecular formula is C19H26N2O2. The molecule has 23 heavy (non-hydrogen) atoms. The van der Waals surface area contributed by atoms with E-state index in [9.17, 15) is 4.79 Å². The van der Waals surface area contributed by atoms with Crippen LogP contribution in [-0.2, 0) is 11.8 Å². The van der Waals surface area contributed by atoms with Crippen molar-refractivity contribution in [1.29, 1.82) is 0 Å². The van der Waals surface area contributed by atoms with Gasteiger partial charge in [0.05, 0.1) is 0 Å². The summed E-state index contributed by atoms with van der Waals surface area (Å²) in [5.74, 6) is 0.704. The molecule has 1 atom stereocenters. The van der Waals surface area contributed by atoms with Gasteiger partial charge in [0.2, 0.25) is 0 Å². The number of carbonyl (C=O) groups excluding carboxylic acids is 1. The summed E-state index contributed by atoms with van der Waals surface area (Å²) >= 11 is 0. The normalized spacial score (nSPS) is 17.8. The number of hydrogen-bond donors (Lipinski definition) is 1. The fourth-order valence-corrected chi connectivity index (χ4v) is 3.55. The second kappa shape index (κ2) is 6.75. The second-order valence-electron chi connectivity index (χ2n) is 6.68. The Morgan fingerprint density at radius 1 is 1.39 bits per heavy atom. The van der Waals surface area contributed by atoms with Crippen molar-refractivity contribution >= 4 is 16.8 Å². The Morgan fingerprint density at radius 3 is 2.96 bits per heavy atom. The van der Waals surface area contributed by atoms with E-state index in [0.717, 1.165) is 55.8 Å². The first kappa shape index (κ1) is 16.1. The summed E-state index contributed by atoms with van der Waals surface area (Å²) in [6.45, 7) is 6.63. The standard InChI is InChI=1S/C19H26N2O2/c1-13-6-7-17-16(11-13)14(2)18(21(17)3)19(22)20-9-4-5-15-8-10-23-12-15/h6-7,11,15H,4-5,8-10,12H2,1-3H3,(H,20,22). The molecule has 1 unspecified atom stereocenters. The van der Waals surface area contributed by atoms with E-state index in [1.54, 1.807) is 0 Å². The summed E-state index contributed by atoms with van der Waals surface area (Å²) in [5.41, 5.74) is 4.17. The first-order chi connectivity index (χ1) is 11.1. The van der Waals surface area contributed by atoms with Crippen LogP contribution in [0.2, 0.25) is 0 Å². The maximum Gasteiger partial charge on any atom is 0.268 e. The Balaban J connectivity index is 1.66. The molecule has 1 aromatic heterocycles. The van der Waals surface area contributed by atoms with Gasteiger partial charge in [-0.15, -0.1) is 0 Å². The third-order valence-corrected chi connectivity index (χ3v) is 4.92. The maximum atomic E-state index is 12.6. The average molecular weight is 314 g/mol. The van der Waals surface area contributed by atoms with E-state index < -0.39 is 0 Å². The van der Waals surface area contributed by atoms with Gasteiger partial charge in [-0.25, -0.2) is 0 Å². The summed E-state index contributed by atoms with van der Waals surface area (Å²) in [5, 5.41) is 4.25. The molecule has 2 aromatic rings. The zero-order valence-corrected chi connectivity index (χ0v) is 14.3. The number of rotatable bonds is 5. The molecule has 1 amide bonds. The van der Waals surface area contributed by atoms with Gasteiger partial charge in [-0.3, -0.25) is 4.79 Å². The van der Waals surface area contributed by atoms with Crippen LogP contribution in [0.3, 0.4) is 0 Å². The summed E-state index contributed by atoms with van der Waals surface area (Å²) in [6.07, 6.45) is 3.31. The van der Waals surface area contributed by atoms with E-state index in [1.165, 1.54) is 10.9 Å². The molecule has 124 valence electrons. The SMILES string of the molecule is Cc1ccc2c(c1)c(C)c(C(=O)NCCCC1CCOC1)n2C. The summed E-state index contributed by atoms with van der Waals surface area (Å²) in [4.78, 5) is 12.6. The van der Waals surface area contributed by atoms with Crippen molar-refractivity contribution in [3.8, 4) is 0 Å². The van der Waals surface area contributed by atoms with Crippen LogP contribution in [0.25, 0.3) is 10.9 Å². The molecule has 4 heteroatoms. The van der Waals surface area contributed by atoms with E-state index in [4.69, 9.17) is 4.74 Å². The third-order valence-electron chi connectivity index (χ3n) is 4.92. The third kappa shape index (κ3) is 3.27. The van der Waals surface area contributed by atoms with Crippen molar-refractivity contribution < 1.29 is 9.53 Å². The van der Waals surface area contributed by atoms with Crippen molar-refractivity contribution in [3.63, 3.8) is 0 Å². The van der Waals surface area contributed by atoms with Crippen molar-refractivity contribution in [2.45, 2.75) is 33.1 Å². The summed E-state index contributed by atoms with van der Waals surface area (Å²) in [6, 6.07) is 6.34. The summed E-state index contributed by atoms with van der Waals surface area (Å²) in [7, 11) is 1.97. The van der Waals surface area contributed by atoms with Crippen LogP contribution >= 0.6 is 0 Å². The van der Waals surface area contributed by atoms with E-state index >= 15 is 0 Å². The van der Waals surface area contributed by atoms with Gasteiger partial charge < -0.3 is 14.6 Å². The van der Waals surface area contributed by atoms with Crippen LogP contribution in [0, 0.1) is 19.8 Å². The Hall–Kier alpha value is -1.81. The molecule has 0 aliphatic carbocycles. The van der Waals surface area contributed by atoms with Crippen LogP contribution in [0.1, 0.15) is 40.9 Å². The first-order valence-electron chi connectivity index (χ1n) is 8.49. The lowest BCUT2D eigenvalue weighted by molar-refractivity contribution is 0.0944. The molecule has 1 saturated heterocycles. The fraction of sp³-hybridized carbons (Fsp3) is 0.526. The van der Waals surface area contributed by atoms with Crippen LogP contribution in [0.4, 0.5) is 0 Å². The highest BCUT2D eigenvalue weighted by Crippen LogP contribution is 2.25.